The van der Waals surface area contributed by atoms with E-state index in [1.807, 2.05) is 18.5 Å². The first-order valence-corrected chi connectivity index (χ1v) is 10.1. The molecular formula is C24H26N4O2. The van der Waals surface area contributed by atoms with Gasteiger partial charge in [-0.15, -0.1) is 0 Å². The molecule has 30 heavy (non-hydrogen) atoms. The van der Waals surface area contributed by atoms with Gasteiger partial charge in [-0.2, -0.15) is 0 Å². The summed E-state index contributed by atoms with van der Waals surface area (Å²) < 4.78 is 5.26. The molecule has 0 spiro atoms. The lowest BCUT2D eigenvalue weighted by Crippen LogP contribution is -2.43. The lowest BCUT2D eigenvalue weighted by molar-refractivity contribution is 0.0997. The Labute approximate surface area is 176 Å². The van der Waals surface area contributed by atoms with Gasteiger partial charge < -0.3 is 20.7 Å². The van der Waals surface area contributed by atoms with Crippen molar-refractivity contribution in [2.75, 3.05) is 38.2 Å². The molecule has 1 amide bonds. The van der Waals surface area contributed by atoms with Gasteiger partial charge in [0.05, 0.1) is 12.7 Å². The van der Waals surface area contributed by atoms with Crippen molar-refractivity contribution in [3.05, 3.63) is 66.0 Å². The molecule has 2 heterocycles. The molecule has 3 N–H and O–H groups in total. The third kappa shape index (κ3) is 3.86. The number of ether oxygens (including phenoxy) is 1. The van der Waals surface area contributed by atoms with Crippen LogP contribution in [0.5, 0.6) is 5.75 Å². The van der Waals surface area contributed by atoms with Crippen LogP contribution in [0.15, 0.2) is 54.9 Å². The molecule has 4 rings (SSSR count). The Hall–Kier alpha value is -3.38. The van der Waals surface area contributed by atoms with E-state index >= 15 is 0 Å². The quantitative estimate of drug-likeness (QED) is 0.685. The number of nitrogens with one attached hydrogen (secondary N) is 1. The molecule has 1 aliphatic heterocycles. The lowest BCUT2D eigenvalue weighted by atomic mass is 9.94. The average Bonchev–Trinajstić information content (AvgIpc) is 2.79. The fourth-order valence-electron chi connectivity index (χ4n) is 3.95. The first kappa shape index (κ1) is 19.9. The molecule has 0 atom stereocenters. The minimum absolute atomic E-state index is 0.361. The molecule has 0 unspecified atom stereocenters. The van der Waals surface area contributed by atoms with Crippen LogP contribution in [0.3, 0.4) is 0 Å². The number of aromatic nitrogens is 1. The van der Waals surface area contributed by atoms with E-state index in [0.29, 0.717) is 11.3 Å². The highest BCUT2D eigenvalue weighted by Crippen LogP contribution is 2.33. The van der Waals surface area contributed by atoms with Crippen LogP contribution >= 0.6 is 0 Å². The molecule has 154 valence electrons. The van der Waals surface area contributed by atoms with Gasteiger partial charge in [0.15, 0.2) is 0 Å². The van der Waals surface area contributed by atoms with Gasteiger partial charge in [0, 0.05) is 55.4 Å². The van der Waals surface area contributed by atoms with Crippen molar-refractivity contribution in [3.63, 3.8) is 0 Å². The zero-order valence-electron chi connectivity index (χ0n) is 17.3. The molecule has 3 aromatic rings. The van der Waals surface area contributed by atoms with Gasteiger partial charge in [0.25, 0.3) is 5.91 Å². The normalized spacial score (nSPS) is 13.9. The van der Waals surface area contributed by atoms with Crippen molar-refractivity contribution in [2.24, 2.45) is 5.73 Å². The maximum absolute atomic E-state index is 11.8. The van der Waals surface area contributed by atoms with Gasteiger partial charge in [-0.05, 0) is 47.9 Å². The van der Waals surface area contributed by atoms with Crippen molar-refractivity contribution >= 4 is 11.6 Å². The highest BCUT2D eigenvalue weighted by molar-refractivity contribution is 5.97. The number of methoxy groups -OCH3 is 1. The number of carbonyl (C=O) groups is 1. The molecule has 0 saturated carbocycles. The van der Waals surface area contributed by atoms with Crippen molar-refractivity contribution in [2.45, 2.75) is 6.92 Å². The third-order valence-corrected chi connectivity index (χ3v) is 5.65. The monoisotopic (exact) mass is 402 g/mol. The van der Waals surface area contributed by atoms with E-state index in [-0.39, 0.29) is 0 Å². The number of hydrogen-bond acceptors (Lipinski definition) is 5. The summed E-state index contributed by atoms with van der Waals surface area (Å²) in [4.78, 5) is 18.7. The van der Waals surface area contributed by atoms with E-state index in [2.05, 4.69) is 46.4 Å². The number of nitrogens with zero attached hydrogens (tertiary/aromatic N) is 2. The number of primary amides is 1. The molecule has 6 nitrogen and oxygen atoms in total. The molecule has 1 saturated heterocycles. The Morgan fingerprint density at radius 2 is 1.67 bits per heavy atom. The molecule has 0 radical (unpaired) electrons. The Kier molecular flexibility index (Phi) is 5.68. The highest BCUT2D eigenvalue weighted by atomic mass is 16.5. The van der Waals surface area contributed by atoms with Crippen LogP contribution in [0, 0.1) is 6.92 Å². The summed E-state index contributed by atoms with van der Waals surface area (Å²) in [5.41, 5.74) is 12.3. The van der Waals surface area contributed by atoms with Crippen LogP contribution in [0.25, 0.3) is 22.3 Å². The molecule has 1 fully saturated rings. The van der Waals surface area contributed by atoms with Crippen molar-refractivity contribution in [1.29, 1.82) is 0 Å². The first-order chi connectivity index (χ1) is 14.6. The first-order valence-electron chi connectivity index (χ1n) is 10.1. The average molecular weight is 402 g/mol. The molecule has 1 aliphatic rings. The van der Waals surface area contributed by atoms with Crippen molar-refractivity contribution in [1.82, 2.24) is 10.3 Å². The lowest BCUT2D eigenvalue weighted by Gasteiger charge is -2.29. The Balaban J connectivity index is 1.68. The Morgan fingerprint density at radius 3 is 2.30 bits per heavy atom. The number of benzene rings is 2. The van der Waals surface area contributed by atoms with Gasteiger partial charge in [0.2, 0.25) is 0 Å². The minimum Gasteiger partial charge on any atom is -0.496 e. The summed E-state index contributed by atoms with van der Waals surface area (Å²) in [5, 5.41) is 3.38. The fourth-order valence-corrected chi connectivity index (χ4v) is 3.95. The fraction of sp³-hybridized carbons (Fsp3) is 0.250. The minimum atomic E-state index is -0.515. The zero-order chi connectivity index (χ0) is 21.1. The Morgan fingerprint density at radius 1 is 1.03 bits per heavy atom. The van der Waals surface area contributed by atoms with Crippen LogP contribution in [0.4, 0.5) is 5.69 Å². The molecule has 2 aromatic carbocycles. The predicted molar refractivity (Wildman–Crippen MR) is 120 cm³/mol. The molecule has 0 bridgehead atoms. The molecular weight excluding hydrogens is 376 g/mol. The topological polar surface area (TPSA) is 80.5 Å². The number of carbonyl (C=O) groups excluding carboxylic acids is 1. The van der Waals surface area contributed by atoms with Gasteiger partial charge in [-0.1, -0.05) is 18.2 Å². The van der Waals surface area contributed by atoms with E-state index in [9.17, 15) is 4.79 Å². The summed E-state index contributed by atoms with van der Waals surface area (Å²) >= 11 is 0. The van der Waals surface area contributed by atoms with E-state index in [0.717, 1.165) is 54.0 Å². The third-order valence-electron chi connectivity index (χ3n) is 5.65. The maximum Gasteiger partial charge on any atom is 0.252 e. The van der Waals surface area contributed by atoms with E-state index in [4.69, 9.17) is 10.5 Å². The van der Waals surface area contributed by atoms with Gasteiger partial charge in [-0.25, -0.2) is 0 Å². The SMILES string of the molecule is COc1ccc(-c2cncc(-c3ccc(N4CCNCC4)cc3)c2C)cc1C(N)=O. The summed E-state index contributed by atoms with van der Waals surface area (Å²) in [7, 11) is 1.53. The number of piperazine rings is 1. The van der Waals surface area contributed by atoms with Gasteiger partial charge >= 0.3 is 0 Å². The number of rotatable bonds is 5. The van der Waals surface area contributed by atoms with Crippen LogP contribution in [0.2, 0.25) is 0 Å². The number of pyridine rings is 1. The second-order valence-electron chi connectivity index (χ2n) is 7.42. The van der Waals surface area contributed by atoms with Crippen LogP contribution in [-0.4, -0.2) is 44.2 Å². The standard InChI is InChI=1S/C24H26N4O2/c1-16-21(17-3-6-19(7-4-17)28-11-9-26-10-12-28)14-27-15-22(16)18-5-8-23(30-2)20(13-18)24(25)29/h3-8,13-15,26H,9-12H2,1-2H3,(H2,25,29). The van der Waals surface area contributed by atoms with Crippen molar-refractivity contribution in [3.8, 4) is 28.0 Å². The van der Waals surface area contributed by atoms with E-state index in [1.54, 1.807) is 12.1 Å². The van der Waals surface area contributed by atoms with Gasteiger partial charge in [-0.3, -0.25) is 9.78 Å². The van der Waals surface area contributed by atoms with Crippen LogP contribution in [-0.2, 0) is 0 Å². The largest absolute Gasteiger partial charge is 0.496 e. The van der Waals surface area contributed by atoms with Crippen LogP contribution < -0.4 is 20.7 Å². The zero-order valence-corrected chi connectivity index (χ0v) is 17.3. The van der Waals surface area contributed by atoms with E-state index < -0.39 is 5.91 Å². The maximum atomic E-state index is 11.8. The summed E-state index contributed by atoms with van der Waals surface area (Å²) in [6.07, 6.45) is 3.71. The predicted octanol–water partition coefficient (Wildman–Crippen LogP) is 3.24. The summed E-state index contributed by atoms with van der Waals surface area (Å²) in [6, 6.07) is 14.1. The van der Waals surface area contributed by atoms with Crippen molar-refractivity contribution < 1.29 is 9.53 Å². The molecule has 6 heteroatoms. The van der Waals surface area contributed by atoms with E-state index in [1.165, 1.54) is 12.8 Å². The smallest absolute Gasteiger partial charge is 0.252 e. The second-order valence-corrected chi connectivity index (χ2v) is 7.42. The highest BCUT2D eigenvalue weighted by Gasteiger charge is 2.15. The second kappa shape index (κ2) is 8.55. The van der Waals surface area contributed by atoms with Crippen LogP contribution in [0.1, 0.15) is 15.9 Å². The number of nitrogens with two attached hydrogens (primary N) is 1. The summed E-state index contributed by atoms with van der Waals surface area (Å²) in [6.45, 7) is 6.15. The summed E-state index contributed by atoms with van der Waals surface area (Å²) in [5.74, 6) is -0.0458. The number of amides is 1. The molecule has 1 aromatic heterocycles. The number of anilines is 1. The molecule has 0 aliphatic carbocycles. The van der Waals surface area contributed by atoms with Gasteiger partial charge in [0.1, 0.15) is 5.75 Å². The Bertz CT molecular complexity index is 1060. The number of hydrogen-bond donors (Lipinski definition) is 2.